The summed E-state index contributed by atoms with van der Waals surface area (Å²) in [5.41, 5.74) is 4.19. The first kappa shape index (κ1) is 28.1. The minimum atomic E-state index is -0.914. The number of halogens is 1. The number of methoxy groups -OCH3 is 1. The average molecular weight is 592 g/mol. The van der Waals surface area contributed by atoms with E-state index in [4.69, 9.17) is 21.1 Å². The molecule has 3 aliphatic rings. The van der Waals surface area contributed by atoms with Crippen molar-refractivity contribution < 1.29 is 24.2 Å². The fourth-order valence-electron chi connectivity index (χ4n) is 5.83. The molecule has 3 aromatic rings. The highest BCUT2D eigenvalue weighted by atomic mass is 35.5. The number of ether oxygens (including phenoxy) is 2. The first-order valence-corrected chi connectivity index (χ1v) is 14.5. The molecular weight excluding hydrogens is 558 g/mol. The predicted molar refractivity (Wildman–Crippen MR) is 159 cm³/mol. The minimum absolute atomic E-state index is 0.0232. The number of urea groups is 1. The van der Waals surface area contributed by atoms with Crippen LogP contribution in [0.5, 0.6) is 5.75 Å². The Morgan fingerprint density at radius 2 is 1.98 bits per heavy atom. The number of aliphatic hydroxyl groups excluding tert-OH is 1. The molecule has 2 fully saturated rings. The topological polar surface area (TPSA) is 115 Å². The Kier molecular flexibility index (Phi) is 8.10. The molecule has 0 aliphatic carbocycles. The lowest BCUT2D eigenvalue weighted by Crippen LogP contribution is -2.49. The Bertz CT molecular complexity index is 1460. The number of hydrogen-bond acceptors (Lipinski definition) is 7. The number of benzene rings is 3. The summed E-state index contributed by atoms with van der Waals surface area (Å²) in [5.74, 6) is 0.370. The van der Waals surface area contributed by atoms with Crippen LogP contribution in [0.4, 0.5) is 16.2 Å². The third-order valence-electron chi connectivity index (χ3n) is 8.03. The van der Waals surface area contributed by atoms with Gasteiger partial charge in [-0.1, -0.05) is 48.0 Å². The number of carbonyl (C=O) groups is 2. The Balaban J connectivity index is 1.17. The van der Waals surface area contributed by atoms with Gasteiger partial charge in [0.25, 0.3) is 5.91 Å². The van der Waals surface area contributed by atoms with E-state index in [1.54, 1.807) is 30.3 Å². The molecule has 42 heavy (non-hydrogen) atoms. The van der Waals surface area contributed by atoms with Crippen LogP contribution in [-0.2, 0) is 16.1 Å². The van der Waals surface area contributed by atoms with Gasteiger partial charge in [-0.25, -0.2) is 4.79 Å². The molecule has 11 heteroatoms. The largest absolute Gasteiger partial charge is 0.497 e. The Morgan fingerprint density at radius 1 is 1.14 bits per heavy atom. The molecule has 3 amide bonds. The lowest BCUT2D eigenvalue weighted by molar-refractivity contribution is -0.132. The fraction of sp³-hybridized carbons (Fsp3) is 0.355. The minimum Gasteiger partial charge on any atom is -0.497 e. The van der Waals surface area contributed by atoms with Crippen LogP contribution >= 0.6 is 11.6 Å². The van der Waals surface area contributed by atoms with Gasteiger partial charge in [0, 0.05) is 43.4 Å². The van der Waals surface area contributed by atoms with Crippen molar-refractivity contribution >= 4 is 34.9 Å². The van der Waals surface area contributed by atoms with Gasteiger partial charge in [-0.3, -0.25) is 14.8 Å². The number of hydrogen-bond donors (Lipinski definition) is 4. The van der Waals surface area contributed by atoms with E-state index in [-0.39, 0.29) is 24.6 Å². The van der Waals surface area contributed by atoms with Crippen molar-refractivity contribution in [2.75, 3.05) is 37.1 Å². The molecule has 3 aliphatic heterocycles. The smallest absolute Gasteiger partial charge is 0.315 e. The molecule has 6 rings (SSSR count). The van der Waals surface area contributed by atoms with E-state index < -0.39 is 18.2 Å². The van der Waals surface area contributed by atoms with Crippen LogP contribution in [0.1, 0.15) is 41.7 Å². The van der Waals surface area contributed by atoms with E-state index in [0.717, 1.165) is 23.2 Å². The van der Waals surface area contributed by atoms with E-state index >= 15 is 0 Å². The third kappa shape index (κ3) is 5.70. The molecule has 0 saturated carbocycles. The monoisotopic (exact) mass is 591 g/mol. The average Bonchev–Trinajstić information content (AvgIpc) is 3.51. The molecule has 0 aromatic heterocycles. The highest BCUT2D eigenvalue weighted by molar-refractivity contribution is 6.33. The zero-order valence-corrected chi connectivity index (χ0v) is 24.0. The van der Waals surface area contributed by atoms with E-state index in [1.807, 2.05) is 53.5 Å². The summed E-state index contributed by atoms with van der Waals surface area (Å²) < 4.78 is 11.2. The molecule has 2 bridgehead atoms. The number of hydrazine groups is 1. The van der Waals surface area contributed by atoms with Gasteiger partial charge in [0.05, 0.1) is 42.7 Å². The zero-order valence-electron chi connectivity index (χ0n) is 23.3. The Hall–Kier alpha value is -3.99. The molecule has 3 aromatic carbocycles. The lowest BCUT2D eigenvalue weighted by atomic mass is 9.89. The first-order chi connectivity index (χ1) is 20.4. The molecule has 4 atom stereocenters. The molecule has 10 nitrogen and oxygen atoms in total. The SMILES string of the molecule is COc1ccc(Cl)c(N2CCCN2C(=O)[C@@H](NC(=O)NCc2ccc3c(c2)[C@H]2C[C@@H](N3)[C@H](O)CO2)c2ccccc2)c1. The van der Waals surface area contributed by atoms with E-state index in [9.17, 15) is 14.7 Å². The quantitative estimate of drug-likeness (QED) is 0.326. The van der Waals surface area contributed by atoms with Gasteiger partial charge in [-0.05, 0) is 41.8 Å². The van der Waals surface area contributed by atoms with Crippen LogP contribution < -0.4 is 25.7 Å². The fourth-order valence-corrected chi connectivity index (χ4v) is 6.05. The van der Waals surface area contributed by atoms with Crippen LogP contribution in [0.25, 0.3) is 0 Å². The maximum absolute atomic E-state index is 14.0. The van der Waals surface area contributed by atoms with Crippen LogP contribution in [0.15, 0.2) is 66.7 Å². The summed E-state index contributed by atoms with van der Waals surface area (Å²) in [6.07, 6.45) is 0.829. The van der Waals surface area contributed by atoms with Crippen molar-refractivity contribution in [2.45, 2.75) is 43.7 Å². The second-order valence-electron chi connectivity index (χ2n) is 10.7. The van der Waals surface area contributed by atoms with Crippen molar-refractivity contribution in [3.05, 3.63) is 88.4 Å². The number of anilines is 2. The normalized spacial score (nSPS) is 21.6. The van der Waals surface area contributed by atoms with Crippen molar-refractivity contribution in [1.29, 1.82) is 0 Å². The predicted octanol–water partition coefficient (Wildman–Crippen LogP) is 4.16. The number of rotatable bonds is 7. The number of amides is 3. The number of fused-ring (bicyclic) bond motifs is 4. The van der Waals surface area contributed by atoms with Gasteiger partial charge in [-0.2, -0.15) is 0 Å². The van der Waals surface area contributed by atoms with E-state index in [1.165, 1.54) is 0 Å². The molecule has 0 radical (unpaired) electrons. The number of carbonyl (C=O) groups excluding carboxylic acids is 2. The summed E-state index contributed by atoms with van der Waals surface area (Å²) in [6.45, 7) is 1.65. The molecule has 0 spiro atoms. The first-order valence-electron chi connectivity index (χ1n) is 14.1. The molecule has 0 unspecified atom stereocenters. The Labute approximate surface area is 249 Å². The molecule has 2 saturated heterocycles. The molecule has 220 valence electrons. The van der Waals surface area contributed by atoms with Crippen molar-refractivity contribution in [1.82, 2.24) is 15.6 Å². The highest BCUT2D eigenvalue weighted by Gasteiger charge is 2.37. The summed E-state index contributed by atoms with van der Waals surface area (Å²) >= 11 is 6.53. The van der Waals surface area contributed by atoms with Crippen LogP contribution in [0.2, 0.25) is 5.02 Å². The van der Waals surface area contributed by atoms with Crippen molar-refractivity contribution in [3.8, 4) is 5.75 Å². The van der Waals surface area contributed by atoms with Crippen LogP contribution in [-0.4, -0.2) is 61.0 Å². The maximum atomic E-state index is 14.0. The van der Waals surface area contributed by atoms with Gasteiger partial charge in [0.15, 0.2) is 0 Å². The van der Waals surface area contributed by atoms with Crippen molar-refractivity contribution in [2.24, 2.45) is 0 Å². The highest BCUT2D eigenvalue weighted by Crippen LogP contribution is 2.39. The second-order valence-corrected chi connectivity index (χ2v) is 11.1. The van der Waals surface area contributed by atoms with Gasteiger partial charge in [-0.15, -0.1) is 0 Å². The standard InChI is InChI=1S/C31H34ClN5O5/c1-41-21-9-10-23(32)26(15-21)36-12-5-13-37(36)30(39)29(20-6-3-2-4-7-20)35-31(40)33-17-19-8-11-24-22(14-19)28-16-25(34-24)27(38)18-42-28/h2-4,6-11,14-15,25,27-29,34,38H,5,12-13,16-18H2,1H3,(H2,33,35,40)/t25-,27-,28-,29+/m1/s1. The summed E-state index contributed by atoms with van der Waals surface area (Å²) in [5, 5.41) is 23.3. The summed E-state index contributed by atoms with van der Waals surface area (Å²) in [4.78, 5) is 27.2. The molecule has 3 heterocycles. The Morgan fingerprint density at radius 3 is 2.79 bits per heavy atom. The summed E-state index contributed by atoms with van der Waals surface area (Å²) in [6, 6.07) is 19.0. The lowest BCUT2D eigenvalue weighted by Gasteiger charge is -2.40. The van der Waals surface area contributed by atoms with Crippen molar-refractivity contribution in [3.63, 3.8) is 0 Å². The molecular formula is C31H34ClN5O5. The number of nitrogens with one attached hydrogen (secondary N) is 3. The second kappa shape index (κ2) is 12.1. The van der Waals surface area contributed by atoms with Crippen LogP contribution in [0.3, 0.4) is 0 Å². The maximum Gasteiger partial charge on any atom is 0.315 e. The number of aliphatic hydroxyl groups is 1. The molecule has 4 N–H and O–H groups in total. The van der Waals surface area contributed by atoms with Gasteiger partial charge >= 0.3 is 6.03 Å². The number of nitrogens with zero attached hydrogens (tertiary/aromatic N) is 2. The van der Waals surface area contributed by atoms with Crippen LogP contribution in [0, 0.1) is 0 Å². The zero-order chi connectivity index (χ0) is 29.2. The van der Waals surface area contributed by atoms with Gasteiger partial charge in [0.1, 0.15) is 11.8 Å². The van der Waals surface area contributed by atoms with Gasteiger partial charge in [0.2, 0.25) is 0 Å². The van der Waals surface area contributed by atoms with E-state index in [2.05, 4.69) is 16.0 Å². The third-order valence-corrected chi connectivity index (χ3v) is 8.35. The summed E-state index contributed by atoms with van der Waals surface area (Å²) in [7, 11) is 1.58. The van der Waals surface area contributed by atoms with E-state index in [0.29, 0.717) is 48.1 Å². The van der Waals surface area contributed by atoms with Gasteiger partial charge < -0.3 is 30.5 Å².